The molecule has 0 radical (unpaired) electrons. The molecule has 1 heterocycles. The summed E-state index contributed by atoms with van der Waals surface area (Å²) in [6.45, 7) is 1.90. The van der Waals surface area contributed by atoms with E-state index in [-0.39, 0.29) is 29.5 Å². The van der Waals surface area contributed by atoms with E-state index in [1.165, 1.54) is 25.3 Å². The lowest BCUT2D eigenvalue weighted by Gasteiger charge is -2.27. The standard InChI is InChI=1S/C20H23ClN2O6S/c1-27-18-7-6-15(14-16(18)20(24)23-9-12-28-13-10-23)30(25,26)22-8-11-29-19-5-3-2-4-17(19)21/h2-7,14,22H,8-13H2,1H3. The molecule has 10 heteroatoms. The van der Waals surface area contributed by atoms with Crippen LogP contribution in [0.25, 0.3) is 0 Å². The minimum absolute atomic E-state index is 0.0300. The molecule has 1 saturated heterocycles. The van der Waals surface area contributed by atoms with Crippen LogP contribution < -0.4 is 14.2 Å². The van der Waals surface area contributed by atoms with Crippen molar-refractivity contribution in [1.82, 2.24) is 9.62 Å². The third-order valence-electron chi connectivity index (χ3n) is 4.50. The first-order chi connectivity index (χ1) is 14.4. The molecule has 8 nitrogen and oxygen atoms in total. The molecular weight excluding hydrogens is 432 g/mol. The van der Waals surface area contributed by atoms with Crippen molar-refractivity contribution in [3.8, 4) is 11.5 Å². The number of rotatable bonds is 8. The molecule has 1 aliphatic rings. The number of ether oxygens (including phenoxy) is 3. The summed E-state index contributed by atoms with van der Waals surface area (Å²) in [5, 5.41) is 0.446. The van der Waals surface area contributed by atoms with Crippen LogP contribution in [-0.4, -0.2) is 65.8 Å². The molecule has 0 saturated carbocycles. The molecule has 3 rings (SSSR count). The van der Waals surface area contributed by atoms with Gasteiger partial charge < -0.3 is 19.1 Å². The summed E-state index contributed by atoms with van der Waals surface area (Å²) < 4.78 is 43.8. The maximum Gasteiger partial charge on any atom is 0.257 e. The first-order valence-electron chi connectivity index (χ1n) is 9.34. The zero-order valence-corrected chi connectivity index (χ0v) is 18.0. The Labute approximate surface area is 180 Å². The fourth-order valence-electron chi connectivity index (χ4n) is 2.94. The number of amides is 1. The Morgan fingerprint density at radius 2 is 1.90 bits per heavy atom. The van der Waals surface area contributed by atoms with Crippen molar-refractivity contribution in [1.29, 1.82) is 0 Å². The lowest BCUT2D eigenvalue weighted by atomic mass is 10.1. The van der Waals surface area contributed by atoms with Crippen molar-refractivity contribution in [3.05, 3.63) is 53.1 Å². The van der Waals surface area contributed by atoms with Crippen LogP contribution in [0.4, 0.5) is 0 Å². The van der Waals surface area contributed by atoms with E-state index in [1.807, 2.05) is 0 Å². The number of methoxy groups -OCH3 is 1. The number of morpholine rings is 1. The zero-order valence-electron chi connectivity index (χ0n) is 16.5. The molecule has 0 aliphatic carbocycles. The fraction of sp³-hybridized carbons (Fsp3) is 0.350. The van der Waals surface area contributed by atoms with Gasteiger partial charge in [0.15, 0.2) is 0 Å². The van der Waals surface area contributed by atoms with Crippen molar-refractivity contribution >= 4 is 27.5 Å². The maximum atomic E-state index is 12.9. The van der Waals surface area contributed by atoms with Crippen molar-refractivity contribution < 1.29 is 27.4 Å². The first kappa shape index (κ1) is 22.4. The van der Waals surface area contributed by atoms with Gasteiger partial charge in [0.1, 0.15) is 18.1 Å². The van der Waals surface area contributed by atoms with Gasteiger partial charge in [0.2, 0.25) is 10.0 Å². The highest BCUT2D eigenvalue weighted by atomic mass is 35.5. The smallest absolute Gasteiger partial charge is 0.257 e. The number of hydrogen-bond donors (Lipinski definition) is 1. The topological polar surface area (TPSA) is 94.2 Å². The van der Waals surface area contributed by atoms with Crippen LogP contribution in [0.2, 0.25) is 5.02 Å². The molecule has 1 N–H and O–H groups in total. The Hall–Kier alpha value is -2.33. The number of carbonyl (C=O) groups excluding carboxylic acids is 1. The number of sulfonamides is 1. The molecular formula is C20H23ClN2O6S. The molecule has 1 aliphatic heterocycles. The first-order valence-corrected chi connectivity index (χ1v) is 11.2. The molecule has 0 spiro atoms. The molecule has 162 valence electrons. The second-order valence-corrected chi connectivity index (χ2v) is 8.62. The Balaban J connectivity index is 1.69. The molecule has 1 amide bonds. The number of hydrogen-bond acceptors (Lipinski definition) is 6. The van der Waals surface area contributed by atoms with Crippen LogP contribution in [0, 0.1) is 0 Å². The van der Waals surface area contributed by atoms with Gasteiger partial charge in [-0.3, -0.25) is 4.79 Å². The summed E-state index contributed by atoms with van der Waals surface area (Å²) in [6, 6.07) is 11.1. The summed E-state index contributed by atoms with van der Waals surface area (Å²) in [6.07, 6.45) is 0. The van der Waals surface area contributed by atoms with E-state index in [9.17, 15) is 13.2 Å². The van der Waals surface area contributed by atoms with Crippen molar-refractivity contribution in [2.75, 3.05) is 46.6 Å². The van der Waals surface area contributed by atoms with Crippen LogP contribution in [-0.2, 0) is 14.8 Å². The van der Waals surface area contributed by atoms with Gasteiger partial charge in [-0.25, -0.2) is 13.1 Å². The van der Waals surface area contributed by atoms with E-state index in [1.54, 1.807) is 29.2 Å². The molecule has 0 unspecified atom stereocenters. The minimum atomic E-state index is -3.85. The van der Waals surface area contributed by atoms with Crippen molar-refractivity contribution in [3.63, 3.8) is 0 Å². The average Bonchev–Trinajstić information content (AvgIpc) is 2.77. The maximum absolute atomic E-state index is 12.9. The molecule has 2 aromatic carbocycles. The second-order valence-electron chi connectivity index (χ2n) is 6.44. The lowest BCUT2D eigenvalue weighted by Crippen LogP contribution is -2.40. The number of para-hydroxylation sites is 1. The molecule has 2 aromatic rings. The van der Waals surface area contributed by atoms with E-state index in [0.717, 1.165) is 0 Å². The third-order valence-corrected chi connectivity index (χ3v) is 6.27. The van der Waals surface area contributed by atoms with E-state index >= 15 is 0 Å². The Kier molecular flexibility index (Phi) is 7.54. The fourth-order valence-corrected chi connectivity index (χ4v) is 4.17. The van der Waals surface area contributed by atoms with Crippen LogP contribution in [0.15, 0.2) is 47.4 Å². The Morgan fingerprint density at radius 3 is 2.60 bits per heavy atom. The molecule has 0 bridgehead atoms. The summed E-state index contributed by atoms with van der Waals surface area (Å²) in [5.41, 5.74) is 0.189. The normalized spacial score (nSPS) is 14.4. The molecule has 30 heavy (non-hydrogen) atoms. The van der Waals surface area contributed by atoms with Gasteiger partial charge in [-0.1, -0.05) is 23.7 Å². The van der Waals surface area contributed by atoms with Gasteiger partial charge >= 0.3 is 0 Å². The van der Waals surface area contributed by atoms with Crippen molar-refractivity contribution in [2.24, 2.45) is 0 Å². The highest BCUT2D eigenvalue weighted by molar-refractivity contribution is 7.89. The minimum Gasteiger partial charge on any atom is -0.496 e. The van der Waals surface area contributed by atoms with E-state index in [0.29, 0.717) is 42.8 Å². The second kappa shape index (κ2) is 10.1. The van der Waals surface area contributed by atoms with Crippen LogP contribution in [0.3, 0.4) is 0 Å². The highest BCUT2D eigenvalue weighted by Gasteiger charge is 2.24. The van der Waals surface area contributed by atoms with E-state index in [2.05, 4.69) is 4.72 Å². The van der Waals surface area contributed by atoms with Gasteiger partial charge in [-0.15, -0.1) is 0 Å². The van der Waals surface area contributed by atoms with E-state index in [4.69, 9.17) is 25.8 Å². The summed E-state index contributed by atoms with van der Waals surface area (Å²) in [4.78, 5) is 14.4. The monoisotopic (exact) mass is 454 g/mol. The van der Waals surface area contributed by atoms with Gasteiger partial charge in [0, 0.05) is 19.6 Å². The number of nitrogens with one attached hydrogen (secondary N) is 1. The predicted molar refractivity (Wildman–Crippen MR) is 112 cm³/mol. The van der Waals surface area contributed by atoms with Crippen LogP contribution >= 0.6 is 11.6 Å². The average molecular weight is 455 g/mol. The van der Waals surface area contributed by atoms with Gasteiger partial charge in [0.05, 0.1) is 35.8 Å². The molecule has 0 aromatic heterocycles. The Morgan fingerprint density at radius 1 is 1.17 bits per heavy atom. The Bertz CT molecular complexity index is 993. The number of halogens is 1. The summed E-state index contributed by atoms with van der Waals surface area (Å²) in [7, 11) is -2.42. The quantitative estimate of drug-likeness (QED) is 0.614. The van der Waals surface area contributed by atoms with Crippen molar-refractivity contribution in [2.45, 2.75) is 4.90 Å². The number of nitrogens with zero attached hydrogens (tertiary/aromatic N) is 1. The molecule has 0 atom stereocenters. The van der Waals surface area contributed by atoms with Crippen LogP contribution in [0.5, 0.6) is 11.5 Å². The van der Waals surface area contributed by atoms with E-state index < -0.39 is 10.0 Å². The van der Waals surface area contributed by atoms with Gasteiger partial charge in [-0.05, 0) is 30.3 Å². The summed E-state index contributed by atoms with van der Waals surface area (Å²) in [5.74, 6) is 0.489. The van der Waals surface area contributed by atoms with Gasteiger partial charge in [0.25, 0.3) is 5.91 Å². The SMILES string of the molecule is COc1ccc(S(=O)(=O)NCCOc2ccccc2Cl)cc1C(=O)N1CCOCC1. The third kappa shape index (κ3) is 5.42. The van der Waals surface area contributed by atoms with Gasteiger partial charge in [-0.2, -0.15) is 0 Å². The highest BCUT2D eigenvalue weighted by Crippen LogP contribution is 2.25. The largest absolute Gasteiger partial charge is 0.496 e. The zero-order chi connectivity index (χ0) is 21.6. The molecule has 1 fully saturated rings. The number of benzene rings is 2. The lowest BCUT2D eigenvalue weighted by molar-refractivity contribution is 0.0300. The summed E-state index contributed by atoms with van der Waals surface area (Å²) >= 11 is 6.01. The number of carbonyl (C=O) groups is 1. The van der Waals surface area contributed by atoms with Crippen LogP contribution in [0.1, 0.15) is 10.4 Å². The predicted octanol–water partition coefficient (Wildman–Crippen LogP) is 2.18.